The number of halogens is 2. The molecule has 0 atom stereocenters. The molecule has 6 heteroatoms. The number of nitrogens with zero attached hydrogens (tertiary/aromatic N) is 2. The van der Waals surface area contributed by atoms with Crippen LogP contribution in [0.2, 0.25) is 0 Å². The van der Waals surface area contributed by atoms with Crippen molar-refractivity contribution in [3.8, 4) is 11.4 Å². The van der Waals surface area contributed by atoms with Crippen LogP contribution in [-0.2, 0) is 6.54 Å². The highest BCUT2D eigenvalue weighted by Gasteiger charge is 2.16. The second-order valence-corrected chi connectivity index (χ2v) is 5.86. The number of hydrogen-bond donors (Lipinski definition) is 1. The fraction of sp³-hybridized carbons (Fsp3) is 0.429. The molecule has 1 heterocycles. The van der Waals surface area contributed by atoms with Crippen LogP contribution in [0.5, 0.6) is 0 Å². The van der Waals surface area contributed by atoms with Gasteiger partial charge < -0.3 is 9.84 Å². The smallest absolute Gasteiger partial charge is 0.240 e. The first-order valence-corrected chi connectivity index (χ1v) is 7.53. The van der Waals surface area contributed by atoms with Crippen LogP contribution < -0.4 is 5.32 Å². The highest BCUT2D eigenvalue weighted by atomic mass is 79.9. The van der Waals surface area contributed by atoms with Gasteiger partial charge in [-0.2, -0.15) is 4.98 Å². The van der Waals surface area contributed by atoms with Gasteiger partial charge in [0.25, 0.3) is 0 Å². The van der Waals surface area contributed by atoms with Gasteiger partial charge in [-0.1, -0.05) is 18.0 Å². The van der Waals surface area contributed by atoms with Gasteiger partial charge in [-0.25, -0.2) is 4.39 Å². The summed E-state index contributed by atoms with van der Waals surface area (Å²) in [6.07, 6.45) is 5.00. The first-order valence-electron chi connectivity index (χ1n) is 6.74. The van der Waals surface area contributed by atoms with E-state index < -0.39 is 0 Å². The van der Waals surface area contributed by atoms with Gasteiger partial charge in [0.1, 0.15) is 5.82 Å². The van der Waals surface area contributed by atoms with Crippen molar-refractivity contribution in [2.75, 3.05) is 0 Å². The van der Waals surface area contributed by atoms with E-state index in [0.717, 1.165) is 5.56 Å². The second-order valence-electron chi connectivity index (χ2n) is 5.00. The van der Waals surface area contributed by atoms with Crippen LogP contribution in [-0.4, -0.2) is 16.2 Å². The molecule has 0 bridgehead atoms. The minimum absolute atomic E-state index is 0.305. The molecule has 1 N–H and O–H groups in total. The lowest BCUT2D eigenvalue weighted by molar-refractivity contribution is 0.357. The van der Waals surface area contributed by atoms with E-state index in [0.29, 0.717) is 28.8 Å². The molecule has 0 unspecified atom stereocenters. The van der Waals surface area contributed by atoms with Crippen LogP contribution in [0.4, 0.5) is 4.39 Å². The topological polar surface area (TPSA) is 51.0 Å². The van der Waals surface area contributed by atoms with Crippen molar-refractivity contribution in [2.24, 2.45) is 0 Å². The Morgan fingerprint density at radius 1 is 1.35 bits per heavy atom. The maximum atomic E-state index is 13.2. The number of rotatable bonds is 4. The first-order chi connectivity index (χ1) is 9.72. The number of hydrogen-bond acceptors (Lipinski definition) is 4. The van der Waals surface area contributed by atoms with Crippen LogP contribution in [0.3, 0.4) is 0 Å². The predicted octanol–water partition coefficient (Wildman–Crippen LogP) is 3.67. The molecule has 0 radical (unpaired) electrons. The molecule has 3 rings (SSSR count). The standard InChI is InChI=1S/C14H15BrFN3O/c15-11-7-9(5-6-12(11)16)14-18-13(20-19-14)8-17-10-3-1-2-4-10/h5-7,10,17H,1-4,8H2. The highest BCUT2D eigenvalue weighted by Crippen LogP contribution is 2.23. The Morgan fingerprint density at radius 2 is 2.15 bits per heavy atom. The summed E-state index contributed by atoms with van der Waals surface area (Å²) in [6.45, 7) is 0.583. The highest BCUT2D eigenvalue weighted by molar-refractivity contribution is 9.10. The Labute approximate surface area is 124 Å². The quantitative estimate of drug-likeness (QED) is 0.923. The Morgan fingerprint density at radius 3 is 2.90 bits per heavy atom. The summed E-state index contributed by atoms with van der Waals surface area (Å²) >= 11 is 3.15. The van der Waals surface area contributed by atoms with E-state index in [1.807, 2.05) is 0 Å². The molecule has 2 aromatic rings. The van der Waals surface area contributed by atoms with Gasteiger partial charge in [0, 0.05) is 11.6 Å². The van der Waals surface area contributed by atoms with Gasteiger partial charge in [0.2, 0.25) is 11.7 Å². The third-order valence-electron chi connectivity index (χ3n) is 3.54. The van der Waals surface area contributed by atoms with E-state index in [2.05, 4.69) is 31.4 Å². The molecule has 0 aliphatic heterocycles. The lowest BCUT2D eigenvalue weighted by Crippen LogP contribution is -2.25. The Bertz CT molecular complexity index is 596. The number of benzene rings is 1. The summed E-state index contributed by atoms with van der Waals surface area (Å²) < 4.78 is 18.8. The number of aromatic nitrogens is 2. The summed E-state index contributed by atoms with van der Waals surface area (Å²) in [6, 6.07) is 5.23. The van der Waals surface area contributed by atoms with E-state index in [1.165, 1.54) is 31.7 Å². The average molecular weight is 340 g/mol. The molecule has 4 nitrogen and oxygen atoms in total. The van der Waals surface area contributed by atoms with Crippen LogP contribution >= 0.6 is 15.9 Å². The molecule has 1 aliphatic carbocycles. The lowest BCUT2D eigenvalue weighted by Gasteiger charge is -2.08. The molecule has 1 aromatic heterocycles. The maximum absolute atomic E-state index is 13.2. The van der Waals surface area contributed by atoms with Gasteiger partial charge in [-0.3, -0.25) is 0 Å². The molecule has 1 aromatic carbocycles. The zero-order valence-electron chi connectivity index (χ0n) is 10.9. The van der Waals surface area contributed by atoms with E-state index in [1.54, 1.807) is 12.1 Å². The van der Waals surface area contributed by atoms with Crippen molar-refractivity contribution < 1.29 is 8.91 Å². The van der Waals surface area contributed by atoms with E-state index in [-0.39, 0.29) is 5.82 Å². The fourth-order valence-corrected chi connectivity index (χ4v) is 2.82. The maximum Gasteiger partial charge on any atom is 0.240 e. The molecule has 106 valence electrons. The van der Waals surface area contributed by atoms with Crippen LogP contribution in [0.25, 0.3) is 11.4 Å². The minimum atomic E-state index is -0.305. The molecule has 0 amide bonds. The van der Waals surface area contributed by atoms with Crippen molar-refractivity contribution in [2.45, 2.75) is 38.3 Å². The summed E-state index contributed by atoms with van der Waals surface area (Å²) in [5.41, 5.74) is 0.731. The Balaban J connectivity index is 1.67. The molecule has 1 saturated carbocycles. The van der Waals surface area contributed by atoms with Gasteiger partial charge >= 0.3 is 0 Å². The zero-order chi connectivity index (χ0) is 13.9. The normalized spacial score (nSPS) is 15.9. The largest absolute Gasteiger partial charge is 0.338 e. The van der Waals surface area contributed by atoms with Crippen LogP contribution in [0.1, 0.15) is 31.6 Å². The summed E-state index contributed by atoms with van der Waals surface area (Å²) in [5.74, 6) is 0.738. The van der Waals surface area contributed by atoms with E-state index >= 15 is 0 Å². The minimum Gasteiger partial charge on any atom is -0.338 e. The summed E-state index contributed by atoms with van der Waals surface area (Å²) in [7, 11) is 0. The van der Waals surface area contributed by atoms with Crippen molar-refractivity contribution >= 4 is 15.9 Å². The zero-order valence-corrected chi connectivity index (χ0v) is 12.5. The van der Waals surface area contributed by atoms with Crippen molar-refractivity contribution in [3.05, 3.63) is 34.4 Å². The van der Waals surface area contributed by atoms with Gasteiger partial charge in [0.05, 0.1) is 11.0 Å². The molecule has 1 fully saturated rings. The van der Waals surface area contributed by atoms with Crippen LogP contribution in [0, 0.1) is 5.82 Å². The Hall–Kier alpha value is -1.27. The lowest BCUT2D eigenvalue weighted by atomic mass is 10.2. The third kappa shape index (κ3) is 3.07. The van der Waals surface area contributed by atoms with Crippen molar-refractivity contribution in [3.63, 3.8) is 0 Å². The molecule has 0 saturated heterocycles. The van der Waals surface area contributed by atoms with E-state index in [4.69, 9.17) is 4.52 Å². The van der Waals surface area contributed by atoms with Gasteiger partial charge in [-0.15, -0.1) is 0 Å². The SMILES string of the molecule is Fc1ccc(-c2noc(CNC3CCCC3)n2)cc1Br. The average Bonchev–Trinajstić information content (AvgIpc) is 3.10. The molecule has 0 spiro atoms. The van der Waals surface area contributed by atoms with Gasteiger partial charge in [-0.05, 0) is 47.0 Å². The summed E-state index contributed by atoms with van der Waals surface area (Å²) in [5, 5.41) is 7.35. The molecule has 20 heavy (non-hydrogen) atoms. The molecular weight excluding hydrogens is 325 g/mol. The van der Waals surface area contributed by atoms with Crippen molar-refractivity contribution in [1.29, 1.82) is 0 Å². The fourth-order valence-electron chi connectivity index (χ4n) is 2.44. The molecular formula is C14H15BrFN3O. The van der Waals surface area contributed by atoms with E-state index in [9.17, 15) is 4.39 Å². The van der Waals surface area contributed by atoms with Crippen LogP contribution in [0.15, 0.2) is 27.2 Å². The molecule has 1 aliphatic rings. The predicted molar refractivity (Wildman–Crippen MR) is 76.5 cm³/mol. The van der Waals surface area contributed by atoms with Gasteiger partial charge in [0.15, 0.2) is 0 Å². The monoisotopic (exact) mass is 339 g/mol. The third-order valence-corrected chi connectivity index (χ3v) is 4.15. The number of nitrogens with one attached hydrogen (secondary N) is 1. The Kier molecular flexibility index (Phi) is 4.12. The first kappa shape index (κ1) is 13.7. The van der Waals surface area contributed by atoms with Crippen molar-refractivity contribution in [1.82, 2.24) is 15.5 Å². The second kappa shape index (κ2) is 6.01. The summed E-state index contributed by atoms with van der Waals surface area (Å²) in [4.78, 5) is 4.33.